The average molecular weight is 331 g/mol. The molecule has 1 aromatic rings. The van der Waals surface area contributed by atoms with E-state index in [-0.39, 0.29) is 18.1 Å². The maximum atomic E-state index is 13.6. The van der Waals surface area contributed by atoms with Crippen LogP contribution in [0.25, 0.3) is 0 Å². The van der Waals surface area contributed by atoms with Crippen LogP contribution in [0.4, 0.5) is 10.1 Å². The van der Waals surface area contributed by atoms with Gasteiger partial charge in [-0.25, -0.2) is 4.39 Å². The molecule has 104 valence electrons. The molecule has 1 saturated heterocycles. The molecule has 1 fully saturated rings. The Labute approximate surface area is 119 Å². The van der Waals surface area contributed by atoms with Crippen LogP contribution in [0.2, 0.25) is 0 Å². The maximum Gasteiger partial charge on any atom is 0.232 e. The molecule has 0 atom stereocenters. The molecule has 2 rings (SSSR count). The van der Waals surface area contributed by atoms with E-state index in [2.05, 4.69) is 21.2 Å². The second-order valence-electron chi connectivity index (χ2n) is 4.68. The van der Waals surface area contributed by atoms with Crippen molar-refractivity contribution in [3.8, 4) is 0 Å². The zero-order valence-corrected chi connectivity index (χ0v) is 12.0. The van der Waals surface area contributed by atoms with Gasteiger partial charge in [-0.2, -0.15) is 0 Å². The number of anilines is 1. The Morgan fingerprint density at radius 1 is 1.47 bits per heavy atom. The molecule has 19 heavy (non-hydrogen) atoms. The lowest BCUT2D eigenvalue weighted by molar-refractivity contribution is -0.130. The van der Waals surface area contributed by atoms with Gasteiger partial charge in [-0.05, 0) is 31.0 Å². The minimum atomic E-state index is -0.660. The zero-order chi connectivity index (χ0) is 13.9. The molecule has 1 aromatic carbocycles. The van der Waals surface area contributed by atoms with E-state index in [1.54, 1.807) is 6.07 Å². The fourth-order valence-corrected chi connectivity index (χ4v) is 2.50. The lowest BCUT2D eigenvalue weighted by Gasteiger charge is -2.34. The second-order valence-corrected chi connectivity index (χ2v) is 5.59. The van der Waals surface area contributed by atoms with Gasteiger partial charge in [-0.1, -0.05) is 15.9 Å². The molecule has 0 unspecified atom stereocenters. The molecule has 0 bridgehead atoms. The lowest BCUT2D eigenvalue weighted by Crippen LogP contribution is -2.46. The SMILES string of the molecule is NCC1(C(=O)Nc2cc(Br)ccc2F)CCOCC1. The van der Waals surface area contributed by atoms with Crippen molar-refractivity contribution in [3.05, 3.63) is 28.5 Å². The first kappa shape index (κ1) is 14.4. The molecule has 0 spiro atoms. The van der Waals surface area contributed by atoms with Crippen molar-refractivity contribution < 1.29 is 13.9 Å². The van der Waals surface area contributed by atoms with E-state index in [1.807, 2.05) is 0 Å². The molecule has 4 nitrogen and oxygen atoms in total. The monoisotopic (exact) mass is 330 g/mol. The van der Waals surface area contributed by atoms with E-state index >= 15 is 0 Å². The average Bonchev–Trinajstić information content (AvgIpc) is 2.43. The van der Waals surface area contributed by atoms with Gasteiger partial charge in [0.1, 0.15) is 5.82 Å². The third-order valence-corrected chi connectivity index (χ3v) is 3.99. The van der Waals surface area contributed by atoms with Crippen LogP contribution in [0.5, 0.6) is 0 Å². The first-order valence-electron chi connectivity index (χ1n) is 6.12. The number of nitrogens with one attached hydrogen (secondary N) is 1. The normalized spacial score (nSPS) is 18.1. The highest BCUT2D eigenvalue weighted by Gasteiger charge is 2.39. The van der Waals surface area contributed by atoms with Crippen LogP contribution >= 0.6 is 15.9 Å². The number of benzene rings is 1. The third-order valence-electron chi connectivity index (χ3n) is 3.50. The first-order valence-corrected chi connectivity index (χ1v) is 6.91. The largest absolute Gasteiger partial charge is 0.381 e. The van der Waals surface area contributed by atoms with Crippen LogP contribution in [0.1, 0.15) is 12.8 Å². The molecule has 1 aliphatic rings. The Morgan fingerprint density at radius 2 is 2.16 bits per heavy atom. The summed E-state index contributed by atoms with van der Waals surface area (Å²) in [6, 6.07) is 4.42. The van der Waals surface area contributed by atoms with Crippen molar-refractivity contribution in [2.45, 2.75) is 12.8 Å². The number of carbonyl (C=O) groups excluding carboxylic acids is 1. The highest BCUT2D eigenvalue weighted by molar-refractivity contribution is 9.10. The first-order chi connectivity index (χ1) is 9.07. The number of hydrogen-bond donors (Lipinski definition) is 2. The minimum Gasteiger partial charge on any atom is -0.381 e. The van der Waals surface area contributed by atoms with Crippen molar-refractivity contribution in [1.82, 2.24) is 0 Å². The molecular weight excluding hydrogens is 315 g/mol. The molecule has 6 heteroatoms. The number of nitrogens with two attached hydrogens (primary N) is 1. The van der Waals surface area contributed by atoms with E-state index in [4.69, 9.17) is 10.5 Å². The predicted octanol–water partition coefficient (Wildman–Crippen LogP) is 2.28. The molecule has 0 aromatic heterocycles. The minimum absolute atomic E-state index is 0.165. The summed E-state index contributed by atoms with van der Waals surface area (Å²) < 4.78 is 19.6. The number of rotatable bonds is 3. The summed E-state index contributed by atoms with van der Waals surface area (Å²) in [7, 11) is 0. The van der Waals surface area contributed by atoms with E-state index in [1.165, 1.54) is 12.1 Å². The summed E-state index contributed by atoms with van der Waals surface area (Å²) in [6.07, 6.45) is 1.12. The molecule has 0 radical (unpaired) electrons. The summed E-state index contributed by atoms with van der Waals surface area (Å²) in [5.74, 6) is -0.703. The van der Waals surface area contributed by atoms with Gasteiger partial charge in [-0.15, -0.1) is 0 Å². The summed E-state index contributed by atoms with van der Waals surface area (Å²) >= 11 is 3.25. The van der Waals surface area contributed by atoms with E-state index < -0.39 is 11.2 Å². The van der Waals surface area contributed by atoms with Crippen LogP contribution in [0.3, 0.4) is 0 Å². The molecule has 1 aliphatic heterocycles. The van der Waals surface area contributed by atoms with Gasteiger partial charge in [0, 0.05) is 24.2 Å². The van der Waals surface area contributed by atoms with Gasteiger partial charge >= 0.3 is 0 Å². The Kier molecular flexibility index (Phi) is 4.54. The summed E-state index contributed by atoms with van der Waals surface area (Å²) in [4.78, 5) is 12.4. The fourth-order valence-electron chi connectivity index (χ4n) is 2.13. The van der Waals surface area contributed by atoms with E-state index in [9.17, 15) is 9.18 Å². The Hall–Kier alpha value is -0.980. The zero-order valence-electron chi connectivity index (χ0n) is 10.4. The summed E-state index contributed by atoms with van der Waals surface area (Å²) in [5, 5.41) is 2.63. The number of hydrogen-bond acceptors (Lipinski definition) is 3. The Balaban J connectivity index is 2.17. The van der Waals surface area contributed by atoms with Crippen molar-refractivity contribution in [2.75, 3.05) is 25.1 Å². The van der Waals surface area contributed by atoms with E-state index in [0.29, 0.717) is 30.5 Å². The highest BCUT2D eigenvalue weighted by atomic mass is 79.9. The number of halogens is 2. The highest BCUT2D eigenvalue weighted by Crippen LogP contribution is 2.31. The second kappa shape index (κ2) is 5.98. The molecular formula is C13H16BrFN2O2. The Bertz CT molecular complexity index is 476. The van der Waals surface area contributed by atoms with Gasteiger partial charge in [0.05, 0.1) is 11.1 Å². The maximum absolute atomic E-state index is 13.6. The summed E-state index contributed by atoms with van der Waals surface area (Å²) in [6.45, 7) is 1.25. The standard InChI is InChI=1S/C13H16BrFN2O2/c14-9-1-2-10(15)11(7-9)17-12(18)13(8-16)3-5-19-6-4-13/h1-2,7H,3-6,8,16H2,(H,17,18). The smallest absolute Gasteiger partial charge is 0.232 e. The predicted molar refractivity (Wildman–Crippen MR) is 74.3 cm³/mol. The van der Waals surface area contributed by atoms with Gasteiger partial charge < -0.3 is 15.8 Å². The van der Waals surface area contributed by atoms with Crippen LogP contribution in [-0.4, -0.2) is 25.7 Å². The van der Waals surface area contributed by atoms with Crippen molar-refractivity contribution in [3.63, 3.8) is 0 Å². The van der Waals surface area contributed by atoms with Gasteiger partial charge in [0.15, 0.2) is 0 Å². The topological polar surface area (TPSA) is 64.4 Å². The van der Waals surface area contributed by atoms with Crippen molar-refractivity contribution in [2.24, 2.45) is 11.1 Å². The quantitative estimate of drug-likeness (QED) is 0.893. The molecule has 1 amide bonds. The molecule has 0 saturated carbocycles. The van der Waals surface area contributed by atoms with Crippen LogP contribution in [-0.2, 0) is 9.53 Å². The molecule has 3 N–H and O–H groups in total. The van der Waals surface area contributed by atoms with Gasteiger partial charge in [0.25, 0.3) is 0 Å². The van der Waals surface area contributed by atoms with Crippen LogP contribution < -0.4 is 11.1 Å². The summed E-state index contributed by atoms with van der Waals surface area (Å²) in [5.41, 5.74) is 5.25. The van der Waals surface area contributed by atoms with Gasteiger partial charge in [-0.3, -0.25) is 4.79 Å². The number of ether oxygens (including phenoxy) is 1. The third kappa shape index (κ3) is 3.13. The number of carbonyl (C=O) groups is 1. The Morgan fingerprint density at radius 3 is 2.79 bits per heavy atom. The fraction of sp³-hybridized carbons (Fsp3) is 0.462. The van der Waals surface area contributed by atoms with Crippen molar-refractivity contribution in [1.29, 1.82) is 0 Å². The number of amides is 1. The van der Waals surface area contributed by atoms with Crippen molar-refractivity contribution >= 4 is 27.5 Å². The van der Waals surface area contributed by atoms with Crippen LogP contribution in [0.15, 0.2) is 22.7 Å². The van der Waals surface area contributed by atoms with E-state index in [0.717, 1.165) is 0 Å². The van der Waals surface area contributed by atoms with Gasteiger partial charge in [0.2, 0.25) is 5.91 Å². The molecule has 0 aliphatic carbocycles. The molecule has 1 heterocycles. The lowest BCUT2D eigenvalue weighted by atomic mass is 9.79. The van der Waals surface area contributed by atoms with Crippen LogP contribution in [0, 0.1) is 11.2 Å².